The van der Waals surface area contributed by atoms with Crippen molar-refractivity contribution in [3.63, 3.8) is 0 Å². The maximum absolute atomic E-state index is 10.7. The number of carbonyl (C=O) groups is 1. The Bertz CT molecular complexity index is 141. The molecule has 4 heteroatoms. The minimum absolute atomic E-state index is 0.139. The maximum Gasteiger partial charge on any atom is 0.335 e. The Labute approximate surface area is 65.7 Å². The first kappa shape index (κ1) is 10.1. The van der Waals surface area contributed by atoms with Gasteiger partial charge in [0.25, 0.3) is 0 Å². The lowest BCUT2D eigenvalue weighted by Gasteiger charge is -2.03. The normalized spacial score (nSPS) is 9.27. The smallest absolute Gasteiger partial charge is 0.335 e. The van der Waals surface area contributed by atoms with Crippen molar-refractivity contribution in [1.29, 1.82) is 0 Å². The Kier molecular flexibility index (Phi) is 5.42. The van der Waals surface area contributed by atoms with Crippen LogP contribution in [0.4, 0.5) is 0 Å². The summed E-state index contributed by atoms with van der Waals surface area (Å²) in [6.07, 6.45) is 0. The molecule has 0 aliphatic heterocycles. The van der Waals surface area contributed by atoms with Crippen molar-refractivity contribution in [3.05, 3.63) is 12.2 Å². The van der Waals surface area contributed by atoms with E-state index in [1.54, 1.807) is 0 Å². The Morgan fingerprint density at radius 1 is 1.45 bits per heavy atom. The standard InChI is InChI=1S/C7H12O4/c1-6(7(8)10-3)4-11-5-9-2/h1,4-5H2,2-3H3. The monoisotopic (exact) mass is 160 g/mol. The average Bonchev–Trinajstić information content (AvgIpc) is 2.03. The quantitative estimate of drug-likeness (QED) is 0.252. The van der Waals surface area contributed by atoms with Gasteiger partial charge < -0.3 is 14.2 Å². The van der Waals surface area contributed by atoms with Crippen molar-refractivity contribution < 1.29 is 19.0 Å². The van der Waals surface area contributed by atoms with Crippen LogP contribution >= 0.6 is 0 Å². The van der Waals surface area contributed by atoms with Gasteiger partial charge in [-0.15, -0.1) is 0 Å². The van der Waals surface area contributed by atoms with Gasteiger partial charge in [0.1, 0.15) is 6.79 Å². The first-order valence-corrected chi connectivity index (χ1v) is 3.05. The van der Waals surface area contributed by atoms with Crippen LogP contribution in [0.5, 0.6) is 0 Å². The fourth-order valence-corrected chi connectivity index (χ4v) is 0.451. The second-order valence-corrected chi connectivity index (χ2v) is 1.85. The third kappa shape index (κ3) is 4.52. The second kappa shape index (κ2) is 5.88. The zero-order valence-electron chi connectivity index (χ0n) is 6.75. The minimum atomic E-state index is -0.457. The fraction of sp³-hybridized carbons (Fsp3) is 0.571. The lowest BCUT2D eigenvalue weighted by Crippen LogP contribution is -2.10. The third-order valence-electron chi connectivity index (χ3n) is 0.952. The Morgan fingerprint density at radius 3 is 2.55 bits per heavy atom. The second-order valence-electron chi connectivity index (χ2n) is 1.85. The molecule has 0 N–H and O–H groups in total. The predicted molar refractivity (Wildman–Crippen MR) is 39.0 cm³/mol. The Morgan fingerprint density at radius 2 is 2.09 bits per heavy atom. The van der Waals surface area contributed by atoms with Crippen LogP contribution in [-0.2, 0) is 19.0 Å². The van der Waals surface area contributed by atoms with E-state index in [1.807, 2.05) is 0 Å². The van der Waals surface area contributed by atoms with Crippen LogP contribution in [0.3, 0.4) is 0 Å². The lowest BCUT2D eigenvalue weighted by molar-refractivity contribution is -0.137. The van der Waals surface area contributed by atoms with Crippen molar-refractivity contribution in [2.75, 3.05) is 27.6 Å². The van der Waals surface area contributed by atoms with Gasteiger partial charge in [0.15, 0.2) is 0 Å². The molecule has 0 aromatic heterocycles. The summed E-state index contributed by atoms with van der Waals surface area (Å²) in [6.45, 7) is 3.73. The van der Waals surface area contributed by atoms with E-state index in [2.05, 4.69) is 16.1 Å². The van der Waals surface area contributed by atoms with Crippen LogP contribution in [-0.4, -0.2) is 33.6 Å². The molecule has 0 saturated heterocycles. The van der Waals surface area contributed by atoms with Crippen LogP contribution in [0.25, 0.3) is 0 Å². The summed E-state index contributed by atoms with van der Waals surface area (Å²) in [5.41, 5.74) is 0.282. The summed E-state index contributed by atoms with van der Waals surface area (Å²) in [7, 11) is 2.80. The van der Waals surface area contributed by atoms with Crippen LogP contribution in [0.1, 0.15) is 0 Å². The Hall–Kier alpha value is -0.870. The van der Waals surface area contributed by atoms with Gasteiger partial charge in [0.05, 0.1) is 19.3 Å². The van der Waals surface area contributed by atoms with Crippen LogP contribution < -0.4 is 0 Å². The molecule has 0 saturated carbocycles. The van der Waals surface area contributed by atoms with Crippen molar-refractivity contribution >= 4 is 5.97 Å². The van der Waals surface area contributed by atoms with Crippen molar-refractivity contribution in [2.45, 2.75) is 0 Å². The van der Waals surface area contributed by atoms with Gasteiger partial charge in [-0.3, -0.25) is 0 Å². The molecule has 0 rings (SSSR count). The number of methoxy groups -OCH3 is 2. The molecule has 0 spiro atoms. The van der Waals surface area contributed by atoms with Gasteiger partial charge in [0, 0.05) is 7.11 Å². The lowest BCUT2D eigenvalue weighted by atomic mass is 10.3. The van der Waals surface area contributed by atoms with Crippen molar-refractivity contribution in [1.82, 2.24) is 0 Å². The molecule has 0 radical (unpaired) electrons. The number of ether oxygens (including phenoxy) is 3. The molecule has 0 aliphatic rings. The van der Waals surface area contributed by atoms with E-state index >= 15 is 0 Å². The zero-order chi connectivity index (χ0) is 8.69. The molecular formula is C7H12O4. The molecule has 64 valence electrons. The summed E-state index contributed by atoms with van der Waals surface area (Å²) < 4.78 is 13.8. The molecule has 4 nitrogen and oxygen atoms in total. The summed E-state index contributed by atoms with van der Waals surface area (Å²) in [6, 6.07) is 0. The van der Waals surface area contributed by atoms with E-state index in [-0.39, 0.29) is 19.0 Å². The van der Waals surface area contributed by atoms with Gasteiger partial charge in [0.2, 0.25) is 0 Å². The maximum atomic E-state index is 10.7. The molecule has 0 unspecified atom stereocenters. The van der Waals surface area contributed by atoms with Gasteiger partial charge >= 0.3 is 5.97 Å². The molecular weight excluding hydrogens is 148 g/mol. The molecule has 0 aliphatic carbocycles. The molecule has 0 atom stereocenters. The highest BCUT2D eigenvalue weighted by Gasteiger charge is 2.05. The number of hydrogen-bond acceptors (Lipinski definition) is 4. The first-order valence-electron chi connectivity index (χ1n) is 3.05. The van der Waals surface area contributed by atoms with Gasteiger partial charge in [-0.2, -0.15) is 0 Å². The molecule has 0 heterocycles. The zero-order valence-corrected chi connectivity index (χ0v) is 6.75. The molecule has 0 amide bonds. The molecule has 0 aromatic rings. The molecule has 11 heavy (non-hydrogen) atoms. The van der Waals surface area contributed by atoms with Crippen molar-refractivity contribution in [3.8, 4) is 0 Å². The van der Waals surface area contributed by atoms with E-state index in [0.29, 0.717) is 0 Å². The van der Waals surface area contributed by atoms with Gasteiger partial charge in [-0.1, -0.05) is 6.58 Å². The summed E-state index contributed by atoms with van der Waals surface area (Å²) >= 11 is 0. The third-order valence-corrected chi connectivity index (χ3v) is 0.952. The van der Waals surface area contributed by atoms with Crippen LogP contribution in [0.15, 0.2) is 12.2 Å². The van der Waals surface area contributed by atoms with E-state index < -0.39 is 5.97 Å². The first-order chi connectivity index (χ1) is 5.22. The Balaban J connectivity index is 3.44. The largest absolute Gasteiger partial charge is 0.466 e. The van der Waals surface area contributed by atoms with E-state index in [4.69, 9.17) is 4.74 Å². The number of rotatable bonds is 5. The highest BCUT2D eigenvalue weighted by molar-refractivity contribution is 5.87. The topological polar surface area (TPSA) is 44.8 Å². The SMILES string of the molecule is C=C(COCOC)C(=O)OC. The van der Waals surface area contributed by atoms with Gasteiger partial charge in [-0.05, 0) is 0 Å². The predicted octanol–water partition coefficient (Wildman–Crippen LogP) is 0.336. The number of hydrogen-bond donors (Lipinski definition) is 0. The summed E-state index contributed by atoms with van der Waals surface area (Å²) in [5.74, 6) is -0.457. The van der Waals surface area contributed by atoms with E-state index in [9.17, 15) is 4.79 Å². The minimum Gasteiger partial charge on any atom is -0.466 e. The average molecular weight is 160 g/mol. The number of esters is 1. The molecule has 0 fully saturated rings. The van der Waals surface area contributed by atoms with Gasteiger partial charge in [-0.25, -0.2) is 4.79 Å². The van der Waals surface area contributed by atoms with Crippen LogP contribution in [0.2, 0.25) is 0 Å². The summed E-state index contributed by atoms with van der Waals surface area (Å²) in [4.78, 5) is 10.7. The van der Waals surface area contributed by atoms with Crippen molar-refractivity contribution in [2.24, 2.45) is 0 Å². The number of carbonyl (C=O) groups excluding carboxylic acids is 1. The van der Waals surface area contributed by atoms with E-state index in [0.717, 1.165) is 0 Å². The fourth-order valence-electron chi connectivity index (χ4n) is 0.451. The molecule has 0 aromatic carbocycles. The van der Waals surface area contributed by atoms with E-state index in [1.165, 1.54) is 14.2 Å². The molecule has 0 bridgehead atoms. The van der Waals surface area contributed by atoms with Crippen LogP contribution in [0, 0.1) is 0 Å². The highest BCUT2D eigenvalue weighted by Crippen LogP contribution is 1.93. The highest BCUT2D eigenvalue weighted by atomic mass is 16.7. The summed E-state index contributed by atoms with van der Waals surface area (Å²) in [5, 5.41) is 0.